The Balaban J connectivity index is 2.88. The van der Waals surface area contributed by atoms with Crippen molar-refractivity contribution in [2.45, 2.75) is 13.8 Å². The van der Waals surface area contributed by atoms with Crippen molar-refractivity contribution in [1.82, 2.24) is 0 Å². The van der Waals surface area contributed by atoms with E-state index in [2.05, 4.69) is 17.9 Å². The van der Waals surface area contributed by atoms with Gasteiger partial charge in [-0.3, -0.25) is 0 Å². The van der Waals surface area contributed by atoms with Gasteiger partial charge in [-0.05, 0) is 26.0 Å². The van der Waals surface area contributed by atoms with Crippen LogP contribution < -0.4 is 9.47 Å². The summed E-state index contributed by atoms with van der Waals surface area (Å²) >= 11 is 0. The Hall–Kier alpha value is -2.13. The van der Waals surface area contributed by atoms with E-state index in [0.717, 1.165) is 0 Å². The lowest BCUT2D eigenvalue weighted by atomic mass is 10.2. The van der Waals surface area contributed by atoms with Gasteiger partial charge < -0.3 is 9.47 Å². The number of rotatable bonds is 4. The van der Waals surface area contributed by atoms with Gasteiger partial charge in [-0.25, -0.2) is 0 Å². The van der Waals surface area contributed by atoms with Crippen molar-refractivity contribution in [2.24, 2.45) is 0 Å². The van der Waals surface area contributed by atoms with Crippen molar-refractivity contribution in [3.63, 3.8) is 0 Å². The van der Waals surface area contributed by atoms with Crippen LogP contribution in [0.15, 0.2) is 18.2 Å². The Morgan fingerprint density at radius 1 is 1.25 bits per heavy atom. The topological polar surface area (TPSA) is 42.2 Å². The van der Waals surface area contributed by atoms with Crippen molar-refractivity contribution in [2.75, 3.05) is 13.2 Å². The van der Waals surface area contributed by atoms with Gasteiger partial charge in [0.2, 0.25) is 0 Å². The number of nitriles is 1. The first-order valence-corrected chi connectivity index (χ1v) is 5.01. The molecule has 0 amide bonds. The predicted molar refractivity (Wildman–Crippen MR) is 61.3 cm³/mol. The van der Waals surface area contributed by atoms with E-state index in [1.807, 2.05) is 6.92 Å². The van der Waals surface area contributed by atoms with Crippen LogP contribution in [0.5, 0.6) is 11.5 Å². The molecule has 0 spiro atoms. The van der Waals surface area contributed by atoms with E-state index >= 15 is 0 Å². The average molecular weight is 215 g/mol. The number of nitrogens with zero attached hydrogens (tertiary/aromatic N) is 1. The minimum Gasteiger partial charge on any atom is -0.490 e. The molecule has 0 aliphatic rings. The molecule has 0 saturated heterocycles. The Bertz CT molecular complexity index is 449. The molecule has 0 aromatic heterocycles. The van der Waals surface area contributed by atoms with Crippen molar-refractivity contribution < 1.29 is 9.47 Å². The Kier molecular flexibility index (Phi) is 4.76. The zero-order valence-electron chi connectivity index (χ0n) is 9.41. The summed E-state index contributed by atoms with van der Waals surface area (Å²) in [4.78, 5) is 0. The highest BCUT2D eigenvalue weighted by molar-refractivity contribution is 5.46. The molecular formula is C13H13NO2. The summed E-state index contributed by atoms with van der Waals surface area (Å²) in [6.45, 7) is 4.49. The average Bonchev–Trinajstić information content (AvgIpc) is 2.31. The predicted octanol–water partition coefficient (Wildman–Crippen LogP) is 2.36. The third kappa shape index (κ3) is 3.22. The summed E-state index contributed by atoms with van der Waals surface area (Å²) in [7, 11) is 0. The molecule has 1 rings (SSSR count). The van der Waals surface area contributed by atoms with Crippen LogP contribution in [0, 0.1) is 23.2 Å². The van der Waals surface area contributed by atoms with Gasteiger partial charge in [-0.2, -0.15) is 5.26 Å². The minimum absolute atomic E-state index is 0.322. The van der Waals surface area contributed by atoms with Crippen LogP contribution >= 0.6 is 0 Å². The Morgan fingerprint density at radius 2 is 2.06 bits per heavy atom. The Labute approximate surface area is 95.6 Å². The number of ether oxygens (including phenoxy) is 2. The molecule has 0 heterocycles. The lowest BCUT2D eigenvalue weighted by molar-refractivity contribution is 0.299. The monoisotopic (exact) mass is 215 g/mol. The van der Waals surface area contributed by atoms with Crippen LogP contribution in [0.3, 0.4) is 0 Å². The zero-order valence-corrected chi connectivity index (χ0v) is 9.41. The molecule has 0 atom stereocenters. The van der Waals surface area contributed by atoms with Gasteiger partial charge in [-0.15, -0.1) is 5.92 Å². The molecule has 0 aliphatic carbocycles. The van der Waals surface area contributed by atoms with Crippen LogP contribution in [-0.2, 0) is 0 Å². The van der Waals surface area contributed by atoms with E-state index in [9.17, 15) is 0 Å². The maximum Gasteiger partial charge on any atom is 0.162 e. The standard InChI is InChI=1S/C13H13NO2/c1-3-5-8-16-12-7-6-11(10-14)9-13(12)15-4-2/h6-7,9H,4,8H2,1-2H3. The molecule has 82 valence electrons. The fourth-order valence-electron chi connectivity index (χ4n) is 1.15. The van der Waals surface area contributed by atoms with Crippen LogP contribution in [0.1, 0.15) is 19.4 Å². The number of benzene rings is 1. The molecule has 0 unspecified atom stereocenters. The van der Waals surface area contributed by atoms with Gasteiger partial charge in [0.25, 0.3) is 0 Å². The lowest BCUT2D eigenvalue weighted by Crippen LogP contribution is -1.99. The highest BCUT2D eigenvalue weighted by Gasteiger charge is 2.05. The van der Waals surface area contributed by atoms with Gasteiger partial charge in [0.15, 0.2) is 11.5 Å². The van der Waals surface area contributed by atoms with Crippen molar-refractivity contribution >= 4 is 0 Å². The molecule has 1 aromatic carbocycles. The van der Waals surface area contributed by atoms with Crippen molar-refractivity contribution in [1.29, 1.82) is 5.26 Å². The summed E-state index contributed by atoms with van der Waals surface area (Å²) < 4.78 is 10.8. The second-order valence-corrected chi connectivity index (χ2v) is 2.92. The first-order chi connectivity index (χ1) is 7.81. The molecule has 3 nitrogen and oxygen atoms in total. The summed E-state index contributed by atoms with van der Waals surface area (Å²) in [6, 6.07) is 7.14. The summed E-state index contributed by atoms with van der Waals surface area (Å²) in [5.41, 5.74) is 0.553. The molecule has 0 aliphatic heterocycles. The van der Waals surface area contributed by atoms with Crippen molar-refractivity contribution in [3.05, 3.63) is 23.8 Å². The van der Waals surface area contributed by atoms with E-state index in [4.69, 9.17) is 14.7 Å². The number of hydrogen-bond acceptors (Lipinski definition) is 3. The molecular weight excluding hydrogens is 202 g/mol. The van der Waals surface area contributed by atoms with E-state index in [-0.39, 0.29) is 0 Å². The van der Waals surface area contributed by atoms with E-state index in [0.29, 0.717) is 30.3 Å². The Morgan fingerprint density at radius 3 is 2.69 bits per heavy atom. The first kappa shape index (κ1) is 11.9. The normalized spacial score (nSPS) is 8.56. The molecule has 0 saturated carbocycles. The summed E-state index contributed by atoms with van der Waals surface area (Å²) in [5, 5.41) is 8.77. The quantitative estimate of drug-likeness (QED) is 0.724. The largest absolute Gasteiger partial charge is 0.490 e. The third-order valence-corrected chi connectivity index (χ3v) is 1.85. The summed E-state index contributed by atoms with van der Waals surface area (Å²) in [5.74, 6) is 6.74. The lowest BCUT2D eigenvalue weighted by Gasteiger charge is -2.09. The van der Waals surface area contributed by atoms with Gasteiger partial charge in [0.05, 0.1) is 18.2 Å². The van der Waals surface area contributed by atoms with Crippen LogP contribution in [0.25, 0.3) is 0 Å². The highest BCUT2D eigenvalue weighted by atomic mass is 16.5. The van der Waals surface area contributed by atoms with E-state index in [1.165, 1.54) is 0 Å². The zero-order chi connectivity index (χ0) is 11.8. The maximum absolute atomic E-state index is 8.77. The van der Waals surface area contributed by atoms with Gasteiger partial charge in [-0.1, -0.05) is 5.92 Å². The van der Waals surface area contributed by atoms with Crippen LogP contribution in [0.2, 0.25) is 0 Å². The van der Waals surface area contributed by atoms with Crippen LogP contribution in [0.4, 0.5) is 0 Å². The van der Waals surface area contributed by atoms with Gasteiger partial charge in [0.1, 0.15) is 6.61 Å². The highest BCUT2D eigenvalue weighted by Crippen LogP contribution is 2.28. The molecule has 0 radical (unpaired) electrons. The van der Waals surface area contributed by atoms with E-state index < -0.39 is 0 Å². The van der Waals surface area contributed by atoms with E-state index in [1.54, 1.807) is 25.1 Å². The summed E-state index contributed by atoms with van der Waals surface area (Å²) in [6.07, 6.45) is 0. The first-order valence-electron chi connectivity index (χ1n) is 5.01. The fourth-order valence-corrected chi connectivity index (χ4v) is 1.15. The SMILES string of the molecule is CC#CCOc1ccc(C#N)cc1OCC. The molecule has 3 heteroatoms. The molecule has 16 heavy (non-hydrogen) atoms. The van der Waals surface area contributed by atoms with Crippen molar-refractivity contribution in [3.8, 4) is 29.4 Å². The fraction of sp³-hybridized carbons (Fsp3) is 0.308. The van der Waals surface area contributed by atoms with Gasteiger partial charge >= 0.3 is 0 Å². The maximum atomic E-state index is 8.77. The second-order valence-electron chi connectivity index (χ2n) is 2.92. The smallest absolute Gasteiger partial charge is 0.162 e. The number of hydrogen-bond donors (Lipinski definition) is 0. The molecule has 0 bridgehead atoms. The van der Waals surface area contributed by atoms with Gasteiger partial charge in [0, 0.05) is 6.07 Å². The molecule has 1 aromatic rings. The molecule has 0 N–H and O–H groups in total. The molecule has 0 fully saturated rings. The minimum atomic E-state index is 0.322. The van der Waals surface area contributed by atoms with Crippen LogP contribution in [-0.4, -0.2) is 13.2 Å². The second kappa shape index (κ2) is 6.37. The third-order valence-electron chi connectivity index (χ3n) is 1.85.